The molecule has 11 nitrogen and oxygen atoms in total. The fourth-order valence-corrected chi connectivity index (χ4v) is 9.16. The van der Waals surface area contributed by atoms with Gasteiger partial charge in [-0.1, -0.05) is 103 Å². The summed E-state index contributed by atoms with van der Waals surface area (Å²) in [6.07, 6.45) is 15.3. The zero-order valence-electron chi connectivity index (χ0n) is 32.8. The molecule has 2 aliphatic carbocycles. The third kappa shape index (κ3) is 10.6. The first-order valence-corrected chi connectivity index (χ1v) is 20.5. The van der Waals surface area contributed by atoms with Crippen molar-refractivity contribution in [1.82, 2.24) is 4.90 Å². The highest BCUT2D eigenvalue weighted by molar-refractivity contribution is 5.87. The Hall–Kier alpha value is -3.65. The number of carbonyl (C=O) groups is 4. The number of phenolic OH excluding ortho intramolecular Hbond substituents is 1. The molecule has 0 radical (unpaired) electrons. The van der Waals surface area contributed by atoms with Gasteiger partial charge in [-0.2, -0.15) is 13.2 Å². The molecule has 5 atom stereocenters. The molecule has 5 rings (SSSR count). The second kappa shape index (κ2) is 20.2. The standard InChI is InChI=1S/C40H59NO8.C2HF3O2/c1-3-4-5-6-7-8-9-10-11-12-13-14-15-16-17-18-30(42)25-29(27-34(44)45)38(46)48-32-21-22-40(47)33-26-28-19-20-31(43)36-35(28)39(40,37(32)49-36)23-24-41(33)2;3-2(4,5)1(6)7/h19-21,29,33,37,43,47H,3-18,22-27H2,1-2H3,(H,44,45);(H,6,7)/t29-,33+,37-,39-,40+;/m0./s1. The minimum atomic E-state index is -5.08. The van der Waals surface area contributed by atoms with Crippen LogP contribution in [0.1, 0.15) is 146 Å². The van der Waals surface area contributed by atoms with Crippen LogP contribution in [-0.4, -0.2) is 86.5 Å². The number of likely N-dealkylation sites (N-methyl/N-ethyl adjacent to an activating group) is 1. The van der Waals surface area contributed by atoms with E-state index in [4.69, 9.17) is 19.4 Å². The molecular formula is C42H60F3NO10. The second-order valence-electron chi connectivity index (χ2n) is 16.1. The number of ketones is 1. The Morgan fingerprint density at radius 2 is 1.46 bits per heavy atom. The average molecular weight is 796 g/mol. The van der Waals surface area contributed by atoms with Crippen molar-refractivity contribution in [2.75, 3.05) is 13.6 Å². The molecule has 1 aromatic carbocycles. The minimum absolute atomic E-state index is 0.0268. The highest BCUT2D eigenvalue weighted by atomic mass is 19.4. The maximum Gasteiger partial charge on any atom is 0.490 e. The van der Waals surface area contributed by atoms with Crippen LogP contribution in [0.3, 0.4) is 0 Å². The van der Waals surface area contributed by atoms with Crippen molar-refractivity contribution in [1.29, 1.82) is 0 Å². The van der Waals surface area contributed by atoms with Gasteiger partial charge in [-0.25, -0.2) is 4.79 Å². The highest BCUT2D eigenvalue weighted by Gasteiger charge is 2.72. The summed E-state index contributed by atoms with van der Waals surface area (Å²) < 4.78 is 44.0. The van der Waals surface area contributed by atoms with Gasteiger partial charge in [0, 0.05) is 30.9 Å². The van der Waals surface area contributed by atoms with E-state index in [1.54, 1.807) is 12.1 Å². The Morgan fingerprint density at radius 3 is 2.00 bits per heavy atom. The Morgan fingerprint density at radius 1 is 0.911 bits per heavy atom. The lowest BCUT2D eigenvalue weighted by Gasteiger charge is -2.61. The molecule has 0 aromatic heterocycles. The Labute approximate surface area is 327 Å². The van der Waals surface area contributed by atoms with Crippen molar-refractivity contribution in [3.63, 3.8) is 0 Å². The number of carbonyl (C=O) groups excluding carboxylic acids is 2. The number of Topliss-reactive ketones (excluding diaryl/α,β-unsaturated/α-hetero) is 1. The summed E-state index contributed by atoms with van der Waals surface area (Å²) in [6.45, 7) is 2.95. The van der Waals surface area contributed by atoms with Crippen molar-refractivity contribution >= 4 is 23.7 Å². The van der Waals surface area contributed by atoms with Gasteiger partial charge >= 0.3 is 24.1 Å². The predicted octanol–water partition coefficient (Wildman–Crippen LogP) is 8.16. The molecule has 2 aliphatic heterocycles. The second-order valence-corrected chi connectivity index (χ2v) is 16.1. The first kappa shape index (κ1) is 45.1. The topological polar surface area (TPSA) is 171 Å². The molecule has 1 spiro atoms. The highest BCUT2D eigenvalue weighted by Crippen LogP contribution is 2.65. The van der Waals surface area contributed by atoms with Crippen LogP contribution in [0.25, 0.3) is 0 Å². The van der Waals surface area contributed by atoms with E-state index in [2.05, 4.69) is 11.8 Å². The zero-order valence-corrected chi connectivity index (χ0v) is 32.8. The summed E-state index contributed by atoms with van der Waals surface area (Å²) in [5.41, 5.74) is -0.331. The molecule has 4 aliphatic rings. The number of aliphatic carboxylic acids is 2. The number of hydrogen-bond donors (Lipinski definition) is 4. The molecule has 0 saturated carbocycles. The summed E-state index contributed by atoms with van der Waals surface area (Å²) in [7, 11) is 2.00. The number of rotatable bonds is 22. The van der Waals surface area contributed by atoms with Crippen LogP contribution in [0, 0.1) is 5.92 Å². The van der Waals surface area contributed by atoms with Gasteiger partial charge in [0.1, 0.15) is 11.5 Å². The normalized spacial score (nSPS) is 23.9. The molecule has 314 valence electrons. The number of hydrogen-bond acceptors (Lipinski definition) is 9. The number of esters is 1. The number of benzene rings is 1. The van der Waals surface area contributed by atoms with E-state index >= 15 is 0 Å². The van der Waals surface area contributed by atoms with Gasteiger partial charge in [0.25, 0.3) is 0 Å². The van der Waals surface area contributed by atoms with E-state index < -0.39 is 53.5 Å². The van der Waals surface area contributed by atoms with E-state index in [1.807, 2.05) is 13.1 Å². The van der Waals surface area contributed by atoms with E-state index in [-0.39, 0.29) is 36.2 Å². The molecule has 1 aromatic rings. The molecule has 14 heteroatoms. The largest absolute Gasteiger partial charge is 0.504 e. The maximum absolute atomic E-state index is 13.5. The third-order valence-corrected chi connectivity index (χ3v) is 12.1. The Balaban J connectivity index is 0.000000908. The van der Waals surface area contributed by atoms with Gasteiger partial charge in [0.05, 0.1) is 23.4 Å². The van der Waals surface area contributed by atoms with Crippen LogP contribution in [0.4, 0.5) is 13.2 Å². The number of alkyl halides is 3. The number of likely N-dealkylation sites (tertiary alicyclic amines) is 1. The van der Waals surface area contributed by atoms with Crippen LogP contribution < -0.4 is 4.74 Å². The number of halogens is 3. The predicted molar refractivity (Wildman–Crippen MR) is 201 cm³/mol. The average Bonchev–Trinajstić information content (AvgIpc) is 3.49. The molecule has 56 heavy (non-hydrogen) atoms. The van der Waals surface area contributed by atoms with Crippen LogP contribution in [0.15, 0.2) is 24.0 Å². The summed E-state index contributed by atoms with van der Waals surface area (Å²) >= 11 is 0. The third-order valence-electron chi connectivity index (χ3n) is 12.1. The quantitative estimate of drug-likeness (QED) is 0.0660. The monoisotopic (exact) mass is 795 g/mol. The lowest BCUT2D eigenvalue weighted by atomic mass is 9.50. The lowest BCUT2D eigenvalue weighted by molar-refractivity contribution is -0.192. The van der Waals surface area contributed by atoms with Gasteiger partial charge in [0.15, 0.2) is 17.6 Å². The number of carboxylic acid groups (broad SMARTS) is 2. The molecule has 0 amide bonds. The molecular weight excluding hydrogens is 735 g/mol. The number of aromatic hydroxyl groups is 1. The van der Waals surface area contributed by atoms with Gasteiger partial charge in [-0.3, -0.25) is 14.4 Å². The van der Waals surface area contributed by atoms with Crippen molar-refractivity contribution in [2.45, 2.75) is 171 Å². The number of aliphatic hydroxyl groups is 1. The van der Waals surface area contributed by atoms with Crippen LogP contribution in [-0.2, 0) is 35.8 Å². The Bertz CT molecular complexity index is 1560. The van der Waals surface area contributed by atoms with Crippen molar-refractivity contribution in [2.24, 2.45) is 5.92 Å². The van der Waals surface area contributed by atoms with E-state index in [9.17, 15) is 42.9 Å². The molecule has 2 bridgehead atoms. The van der Waals surface area contributed by atoms with Crippen molar-refractivity contribution in [3.8, 4) is 11.5 Å². The fourth-order valence-electron chi connectivity index (χ4n) is 9.16. The molecule has 0 unspecified atom stereocenters. The van der Waals surface area contributed by atoms with Crippen molar-refractivity contribution in [3.05, 3.63) is 35.1 Å². The van der Waals surface area contributed by atoms with Gasteiger partial charge in [-0.15, -0.1) is 0 Å². The molecule has 4 N–H and O–H groups in total. The van der Waals surface area contributed by atoms with Crippen LogP contribution in [0.5, 0.6) is 11.5 Å². The van der Waals surface area contributed by atoms with Gasteiger partial charge < -0.3 is 34.8 Å². The first-order valence-electron chi connectivity index (χ1n) is 20.5. The summed E-state index contributed by atoms with van der Waals surface area (Å²) in [5.74, 6) is -5.45. The van der Waals surface area contributed by atoms with Gasteiger partial charge in [0.2, 0.25) is 0 Å². The number of carboxylic acids is 2. The number of ether oxygens (including phenoxy) is 2. The Kier molecular flexibility index (Phi) is 16.2. The number of unbranched alkanes of at least 4 members (excludes halogenated alkanes) is 14. The van der Waals surface area contributed by atoms with Crippen LogP contribution >= 0.6 is 0 Å². The fraction of sp³-hybridized carbons (Fsp3) is 0.714. The van der Waals surface area contributed by atoms with Crippen LogP contribution in [0.2, 0.25) is 0 Å². The molecule has 2 heterocycles. The number of piperidine rings is 1. The maximum atomic E-state index is 13.5. The zero-order chi connectivity index (χ0) is 41.1. The smallest absolute Gasteiger partial charge is 0.490 e. The van der Waals surface area contributed by atoms with E-state index in [0.29, 0.717) is 31.6 Å². The molecule has 1 fully saturated rings. The van der Waals surface area contributed by atoms with Gasteiger partial charge in [-0.05, 0) is 50.6 Å². The SMILES string of the molecule is CCCCCCCCCCCCCCCCCC(=O)C[C@@H](CC(=O)O)C(=O)OC1=CC[C@@]2(O)[C@H]3Cc4ccc(O)c5c4[C@@]2(CCN3C)[C@H]1O5.O=C(O)C(F)(F)F. The number of phenols is 1. The van der Waals surface area contributed by atoms with Crippen molar-refractivity contribution < 1.29 is 62.2 Å². The lowest BCUT2D eigenvalue weighted by Crippen LogP contribution is -2.74. The summed E-state index contributed by atoms with van der Waals surface area (Å²) in [6, 6.07) is 3.30. The summed E-state index contributed by atoms with van der Waals surface area (Å²) in [5, 5.41) is 39.8. The minimum Gasteiger partial charge on any atom is -0.504 e. The van der Waals surface area contributed by atoms with E-state index in [1.165, 1.54) is 70.6 Å². The van der Waals surface area contributed by atoms with E-state index in [0.717, 1.165) is 36.8 Å². The first-order chi connectivity index (χ1) is 26.6. The summed E-state index contributed by atoms with van der Waals surface area (Å²) in [4.78, 5) is 49.3. The molecule has 1 saturated heterocycles. The number of nitrogens with zero attached hydrogens (tertiary/aromatic N) is 1.